The second-order valence-corrected chi connectivity index (χ2v) is 6.45. The standard InChI is InChI=1S/C15H20N4O2S/c1-12-9-18(6-7-21-12)11-15(20)17-14-4-5-16-19(14)10-13-3-2-8-22-13/h2-5,8,12H,6-7,9-11H2,1H3,(H,17,20)/t12-/m1/s1. The number of morpholine rings is 1. The van der Waals surface area contributed by atoms with Gasteiger partial charge < -0.3 is 10.1 Å². The molecule has 1 amide bonds. The van der Waals surface area contributed by atoms with E-state index in [1.165, 1.54) is 4.88 Å². The van der Waals surface area contributed by atoms with Crippen LogP contribution in [0.4, 0.5) is 5.82 Å². The number of hydrogen-bond donors (Lipinski definition) is 1. The van der Waals surface area contributed by atoms with E-state index in [0.29, 0.717) is 19.7 Å². The predicted octanol–water partition coefficient (Wildman–Crippen LogP) is 1.65. The van der Waals surface area contributed by atoms with E-state index in [0.717, 1.165) is 18.9 Å². The van der Waals surface area contributed by atoms with Gasteiger partial charge in [-0.3, -0.25) is 9.69 Å². The smallest absolute Gasteiger partial charge is 0.239 e. The van der Waals surface area contributed by atoms with Crippen LogP contribution in [0.5, 0.6) is 0 Å². The number of amides is 1. The van der Waals surface area contributed by atoms with E-state index in [1.54, 1.807) is 17.5 Å². The van der Waals surface area contributed by atoms with Crippen LogP contribution in [0.3, 0.4) is 0 Å². The predicted molar refractivity (Wildman–Crippen MR) is 86.1 cm³/mol. The fourth-order valence-electron chi connectivity index (χ4n) is 2.53. The van der Waals surface area contributed by atoms with Gasteiger partial charge in [0.05, 0.1) is 32.0 Å². The molecule has 0 bridgehead atoms. The number of anilines is 1. The normalized spacial score (nSPS) is 19.2. The van der Waals surface area contributed by atoms with Gasteiger partial charge in [0.2, 0.25) is 5.91 Å². The van der Waals surface area contributed by atoms with Gasteiger partial charge >= 0.3 is 0 Å². The molecule has 1 aliphatic heterocycles. The van der Waals surface area contributed by atoms with Crippen LogP contribution in [0.25, 0.3) is 0 Å². The van der Waals surface area contributed by atoms with Gasteiger partial charge in [-0.15, -0.1) is 11.3 Å². The van der Waals surface area contributed by atoms with Gasteiger partial charge in [0.1, 0.15) is 5.82 Å². The fourth-order valence-corrected chi connectivity index (χ4v) is 3.22. The second-order valence-electron chi connectivity index (χ2n) is 5.42. The summed E-state index contributed by atoms with van der Waals surface area (Å²) >= 11 is 1.68. The molecule has 1 saturated heterocycles. The lowest BCUT2D eigenvalue weighted by atomic mass is 10.3. The molecule has 0 unspecified atom stereocenters. The van der Waals surface area contributed by atoms with E-state index in [2.05, 4.69) is 21.4 Å². The van der Waals surface area contributed by atoms with Crippen molar-refractivity contribution in [2.45, 2.75) is 19.6 Å². The largest absolute Gasteiger partial charge is 0.376 e. The third-order valence-corrected chi connectivity index (χ3v) is 4.42. The zero-order valence-electron chi connectivity index (χ0n) is 12.6. The minimum Gasteiger partial charge on any atom is -0.376 e. The van der Waals surface area contributed by atoms with Crippen molar-refractivity contribution in [2.75, 3.05) is 31.6 Å². The summed E-state index contributed by atoms with van der Waals surface area (Å²) in [5, 5.41) is 9.27. The highest BCUT2D eigenvalue weighted by Gasteiger charge is 2.19. The van der Waals surface area contributed by atoms with E-state index < -0.39 is 0 Å². The van der Waals surface area contributed by atoms with Crippen LogP contribution >= 0.6 is 11.3 Å². The lowest BCUT2D eigenvalue weighted by Crippen LogP contribution is -2.44. The third-order valence-electron chi connectivity index (χ3n) is 3.56. The Morgan fingerprint density at radius 2 is 2.45 bits per heavy atom. The molecule has 0 aromatic carbocycles. The molecule has 7 heteroatoms. The number of aromatic nitrogens is 2. The molecule has 2 aromatic heterocycles. The number of thiophene rings is 1. The highest BCUT2D eigenvalue weighted by atomic mass is 32.1. The zero-order valence-corrected chi connectivity index (χ0v) is 13.4. The van der Waals surface area contributed by atoms with Crippen LogP contribution in [-0.2, 0) is 16.1 Å². The Morgan fingerprint density at radius 1 is 1.55 bits per heavy atom. The molecule has 22 heavy (non-hydrogen) atoms. The van der Waals surface area contributed by atoms with Crippen LogP contribution in [0, 0.1) is 0 Å². The summed E-state index contributed by atoms with van der Waals surface area (Å²) < 4.78 is 7.30. The van der Waals surface area contributed by atoms with Crippen LogP contribution < -0.4 is 5.32 Å². The quantitative estimate of drug-likeness (QED) is 0.910. The van der Waals surface area contributed by atoms with Crippen molar-refractivity contribution in [1.29, 1.82) is 0 Å². The Labute approximate surface area is 133 Å². The molecule has 0 saturated carbocycles. The molecule has 0 radical (unpaired) electrons. The first-order valence-corrected chi connectivity index (χ1v) is 8.26. The van der Waals surface area contributed by atoms with E-state index in [-0.39, 0.29) is 12.0 Å². The minimum absolute atomic E-state index is 0.0120. The van der Waals surface area contributed by atoms with Crippen molar-refractivity contribution in [2.24, 2.45) is 0 Å². The van der Waals surface area contributed by atoms with Gasteiger partial charge in [-0.2, -0.15) is 5.10 Å². The Balaban J connectivity index is 1.56. The number of rotatable bonds is 5. The van der Waals surface area contributed by atoms with Gasteiger partial charge in [-0.25, -0.2) is 4.68 Å². The van der Waals surface area contributed by atoms with Crippen molar-refractivity contribution in [3.05, 3.63) is 34.7 Å². The molecule has 3 heterocycles. The molecule has 1 N–H and O–H groups in total. The average molecular weight is 320 g/mol. The summed E-state index contributed by atoms with van der Waals surface area (Å²) in [7, 11) is 0. The first-order chi connectivity index (χ1) is 10.7. The SMILES string of the molecule is C[C@@H]1CN(CC(=O)Nc2ccnn2Cc2cccs2)CCO1. The van der Waals surface area contributed by atoms with Crippen LogP contribution in [0.2, 0.25) is 0 Å². The first kappa shape index (κ1) is 15.2. The summed E-state index contributed by atoms with van der Waals surface area (Å²) in [4.78, 5) is 15.5. The monoisotopic (exact) mass is 320 g/mol. The number of hydrogen-bond acceptors (Lipinski definition) is 5. The number of carbonyl (C=O) groups is 1. The average Bonchev–Trinajstić information content (AvgIpc) is 3.12. The Morgan fingerprint density at radius 3 is 3.23 bits per heavy atom. The van der Waals surface area contributed by atoms with E-state index in [4.69, 9.17) is 4.74 Å². The molecule has 1 aliphatic rings. The summed E-state index contributed by atoms with van der Waals surface area (Å²) in [6.07, 6.45) is 1.89. The number of ether oxygens (including phenoxy) is 1. The lowest BCUT2D eigenvalue weighted by Gasteiger charge is -2.30. The molecule has 0 spiro atoms. The van der Waals surface area contributed by atoms with Crippen molar-refractivity contribution < 1.29 is 9.53 Å². The molecule has 3 rings (SSSR count). The van der Waals surface area contributed by atoms with E-state index in [9.17, 15) is 4.79 Å². The highest BCUT2D eigenvalue weighted by molar-refractivity contribution is 7.09. The van der Waals surface area contributed by atoms with Gasteiger partial charge in [-0.1, -0.05) is 6.07 Å². The zero-order chi connectivity index (χ0) is 15.4. The maximum absolute atomic E-state index is 12.2. The highest BCUT2D eigenvalue weighted by Crippen LogP contribution is 2.14. The molecule has 6 nitrogen and oxygen atoms in total. The fraction of sp³-hybridized carbons (Fsp3) is 0.467. The Bertz CT molecular complexity index is 611. The second kappa shape index (κ2) is 7.04. The van der Waals surface area contributed by atoms with E-state index in [1.807, 2.05) is 29.1 Å². The molecule has 0 aliphatic carbocycles. The number of nitrogens with one attached hydrogen (secondary N) is 1. The maximum Gasteiger partial charge on any atom is 0.239 e. The van der Waals surface area contributed by atoms with Crippen molar-refractivity contribution in [1.82, 2.24) is 14.7 Å². The minimum atomic E-state index is -0.0120. The summed E-state index contributed by atoms with van der Waals surface area (Å²) in [5.41, 5.74) is 0. The van der Waals surface area contributed by atoms with Crippen LogP contribution in [0.1, 0.15) is 11.8 Å². The number of carbonyl (C=O) groups excluding carboxylic acids is 1. The maximum atomic E-state index is 12.2. The molecule has 1 fully saturated rings. The van der Waals surface area contributed by atoms with Crippen LogP contribution in [-0.4, -0.2) is 52.9 Å². The Kier molecular flexibility index (Phi) is 4.87. The lowest BCUT2D eigenvalue weighted by molar-refractivity contribution is -0.119. The topological polar surface area (TPSA) is 59.4 Å². The summed E-state index contributed by atoms with van der Waals surface area (Å²) in [6.45, 7) is 5.37. The molecule has 1 atom stereocenters. The summed E-state index contributed by atoms with van der Waals surface area (Å²) in [6, 6.07) is 5.90. The van der Waals surface area contributed by atoms with E-state index >= 15 is 0 Å². The van der Waals surface area contributed by atoms with Crippen molar-refractivity contribution >= 4 is 23.1 Å². The molecule has 2 aromatic rings. The first-order valence-electron chi connectivity index (χ1n) is 7.39. The molecular weight excluding hydrogens is 300 g/mol. The molecule has 118 valence electrons. The number of nitrogens with zero attached hydrogens (tertiary/aromatic N) is 3. The third kappa shape index (κ3) is 3.94. The van der Waals surface area contributed by atoms with Crippen molar-refractivity contribution in [3.8, 4) is 0 Å². The van der Waals surface area contributed by atoms with Crippen molar-refractivity contribution in [3.63, 3.8) is 0 Å². The Hall–Kier alpha value is -1.70. The van der Waals surface area contributed by atoms with Gasteiger partial charge in [0.15, 0.2) is 0 Å². The molecular formula is C15H20N4O2S. The van der Waals surface area contributed by atoms with Crippen LogP contribution in [0.15, 0.2) is 29.8 Å². The van der Waals surface area contributed by atoms with Gasteiger partial charge in [0.25, 0.3) is 0 Å². The summed E-state index contributed by atoms with van der Waals surface area (Å²) in [5.74, 6) is 0.724. The van der Waals surface area contributed by atoms with Gasteiger partial charge in [0, 0.05) is 24.0 Å². The van der Waals surface area contributed by atoms with Gasteiger partial charge in [-0.05, 0) is 18.4 Å².